The van der Waals surface area contributed by atoms with Gasteiger partial charge in [-0.05, 0) is 6.26 Å². The van der Waals surface area contributed by atoms with Crippen molar-refractivity contribution in [3.05, 3.63) is 0 Å². The van der Waals surface area contributed by atoms with Gasteiger partial charge in [0.05, 0.1) is 6.54 Å². The first kappa shape index (κ1) is 11.3. The van der Waals surface area contributed by atoms with Crippen LogP contribution in [0.4, 0.5) is 0 Å². The Bertz CT molecular complexity index is 213. The molecule has 1 fully saturated rings. The van der Waals surface area contributed by atoms with Crippen LogP contribution in [-0.4, -0.2) is 49.5 Å². The summed E-state index contributed by atoms with van der Waals surface area (Å²) >= 11 is 1.69. The minimum Gasteiger partial charge on any atom is -0.354 e. The Labute approximate surface area is 87.4 Å². The second-order valence-corrected chi connectivity index (χ2v) is 4.01. The van der Waals surface area contributed by atoms with Crippen LogP contribution in [0.3, 0.4) is 0 Å². The molecule has 14 heavy (non-hydrogen) atoms. The molecule has 3 N–H and O–H groups in total. The van der Waals surface area contributed by atoms with E-state index in [1.54, 1.807) is 11.8 Å². The van der Waals surface area contributed by atoms with Crippen molar-refractivity contribution in [1.82, 2.24) is 16.0 Å². The zero-order valence-electron chi connectivity index (χ0n) is 8.13. The highest BCUT2D eigenvalue weighted by Gasteiger charge is 2.22. The van der Waals surface area contributed by atoms with Crippen molar-refractivity contribution in [3.63, 3.8) is 0 Å². The maximum Gasteiger partial charge on any atom is 0.239 e. The van der Waals surface area contributed by atoms with Crippen LogP contribution in [0.2, 0.25) is 0 Å². The Morgan fingerprint density at radius 1 is 1.71 bits per heavy atom. The number of nitrogens with one attached hydrogen (secondary N) is 3. The fourth-order valence-electron chi connectivity index (χ4n) is 1.15. The van der Waals surface area contributed by atoms with Crippen molar-refractivity contribution in [2.24, 2.45) is 0 Å². The number of piperazine rings is 1. The lowest BCUT2D eigenvalue weighted by molar-refractivity contribution is -0.126. The summed E-state index contributed by atoms with van der Waals surface area (Å²) in [6.07, 6.45) is 1.99. The minimum absolute atomic E-state index is 0.0425. The average Bonchev–Trinajstić information content (AvgIpc) is 2.19. The standard InChI is InChI=1S/C8H15N3O2S/c1-14-3-2-9-8(13)6-4-11-7(12)5-10-6/h6,10H,2-5H2,1H3,(H,9,13)(H,11,12). The zero-order valence-corrected chi connectivity index (χ0v) is 8.95. The SMILES string of the molecule is CSCCNC(=O)C1CNC(=O)CN1. The van der Waals surface area contributed by atoms with Crippen LogP contribution >= 0.6 is 11.8 Å². The maximum absolute atomic E-state index is 11.4. The predicted molar refractivity (Wildman–Crippen MR) is 56.2 cm³/mol. The van der Waals surface area contributed by atoms with Gasteiger partial charge in [0.15, 0.2) is 0 Å². The van der Waals surface area contributed by atoms with E-state index >= 15 is 0 Å². The molecular weight excluding hydrogens is 202 g/mol. The molecule has 0 radical (unpaired) electrons. The van der Waals surface area contributed by atoms with E-state index in [1.807, 2.05) is 6.26 Å². The Hall–Kier alpha value is -0.750. The molecule has 0 saturated carbocycles. The lowest BCUT2D eigenvalue weighted by atomic mass is 10.2. The molecule has 0 bridgehead atoms. The Morgan fingerprint density at radius 3 is 3.07 bits per heavy atom. The summed E-state index contributed by atoms with van der Waals surface area (Å²) in [5.41, 5.74) is 0. The number of hydrogen-bond donors (Lipinski definition) is 3. The van der Waals surface area contributed by atoms with E-state index in [0.717, 1.165) is 5.75 Å². The van der Waals surface area contributed by atoms with Gasteiger partial charge in [-0.1, -0.05) is 0 Å². The number of hydrogen-bond acceptors (Lipinski definition) is 4. The highest BCUT2D eigenvalue weighted by atomic mass is 32.2. The van der Waals surface area contributed by atoms with E-state index in [0.29, 0.717) is 13.1 Å². The van der Waals surface area contributed by atoms with Gasteiger partial charge >= 0.3 is 0 Å². The highest BCUT2D eigenvalue weighted by molar-refractivity contribution is 7.98. The molecule has 0 aromatic heterocycles. The van der Waals surface area contributed by atoms with Crippen molar-refractivity contribution in [3.8, 4) is 0 Å². The van der Waals surface area contributed by atoms with E-state index in [9.17, 15) is 9.59 Å². The first-order valence-corrected chi connectivity index (χ1v) is 5.90. The van der Waals surface area contributed by atoms with Gasteiger partial charge in [-0.3, -0.25) is 14.9 Å². The molecule has 1 rings (SSSR count). The molecule has 5 nitrogen and oxygen atoms in total. The molecule has 2 amide bonds. The maximum atomic E-state index is 11.4. The quantitative estimate of drug-likeness (QED) is 0.504. The van der Waals surface area contributed by atoms with Gasteiger partial charge in [0.1, 0.15) is 6.04 Å². The lowest BCUT2D eigenvalue weighted by Gasteiger charge is -2.22. The summed E-state index contributed by atoms with van der Waals surface area (Å²) in [5, 5.41) is 8.30. The van der Waals surface area contributed by atoms with Crippen LogP contribution in [-0.2, 0) is 9.59 Å². The first-order chi connectivity index (χ1) is 6.74. The van der Waals surface area contributed by atoms with Crippen LogP contribution in [0.15, 0.2) is 0 Å². The molecule has 1 atom stereocenters. The molecule has 80 valence electrons. The summed E-state index contributed by atoms with van der Waals surface area (Å²) in [6.45, 7) is 1.27. The van der Waals surface area contributed by atoms with Crippen molar-refractivity contribution in [1.29, 1.82) is 0 Å². The molecule has 6 heteroatoms. The topological polar surface area (TPSA) is 70.2 Å². The molecule has 0 aromatic rings. The summed E-state index contributed by atoms with van der Waals surface area (Å²) in [7, 11) is 0. The third-order valence-electron chi connectivity index (χ3n) is 1.93. The zero-order chi connectivity index (χ0) is 10.4. The highest BCUT2D eigenvalue weighted by Crippen LogP contribution is 1.90. The van der Waals surface area contributed by atoms with E-state index < -0.39 is 0 Å². The number of carbonyl (C=O) groups excluding carboxylic acids is 2. The van der Waals surface area contributed by atoms with Crippen LogP contribution in [0.1, 0.15) is 0 Å². The van der Waals surface area contributed by atoms with Gasteiger partial charge in [0.25, 0.3) is 0 Å². The second kappa shape index (κ2) is 5.87. The largest absolute Gasteiger partial charge is 0.354 e. The predicted octanol–water partition coefficient (Wildman–Crippen LogP) is -1.45. The number of thioether (sulfide) groups is 1. The van der Waals surface area contributed by atoms with Gasteiger partial charge in [-0.2, -0.15) is 11.8 Å². The molecule has 1 unspecified atom stereocenters. The Morgan fingerprint density at radius 2 is 2.50 bits per heavy atom. The molecular formula is C8H15N3O2S. The monoisotopic (exact) mass is 217 g/mol. The van der Waals surface area contributed by atoms with Gasteiger partial charge in [-0.25, -0.2) is 0 Å². The number of rotatable bonds is 4. The summed E-state index contributed by atoms with van der Waals surface area (Å²) in [4.78, 5) is 22.2. The Balaban J connectivity index is 2.20. The second-order valence-electron chi connectivity index (χ2n) is 3.02. The van der Waals surface area contributed by atoms with Gasteiger partial charge in [0, 0.05) is 18.8 Å². The molecule has 0 spiro atoms. The van der Waals surface area contributed by atoms with Crippen LogP contribution in [0.5, 0.6) is 0 Å². The molecule has 1 aliphatic rings. The summed E-state index contributed by atoms with van der Waals surface area (Å²) in [5.74, 6) is 0.808. The van der Waals surface area contributed by atoms with Crippen LogP contribution < -0.4 is 16.0 Å². The third-order valence-corrected chi connectivity index (χ3v) is 2.55. The first-order valence-electron chi connectivity index (χ1n) is 4.50. The number of carbonyl (C=O) groups is 2. The normalized spacial score (nSPS) is 21.5. The molecule has 1 aliphatic heterocycles. The molecule has 0 aromatic carbocycles. The van der Waals surface area contributed by atoms with Crippen LogP contribution in [0.25, 0.3) is 0 Å². The van der Waals surface area contributed by atoms with Gasteiger partial charge in [-0.15, -0.1) is 0 Å². The fourth-order valence-corrected chi connectivity index (χ4v) is 1.46. The van der Waals surface area contributed by atoms with Crippen molar-refractivity contribution in [2.75, 3.05) is 31.6 Å². The number of amides is 2. The van der Waals surface area contributed by atoms with Crippen molar-refractivity contribution >= 4 is 23.6 Å². The molecule has 0 aliphatic carbocycles. The van der Waals surface area contributed by atoms with E-state index in [-0.39, 0.29) is 24.4 Å². The summed E-state index contributed by atoms with van der Waals surface area (Å²) in [6, 6.07) is -0.283. The van der Waals surface area contributed by atoms with E-state index in [4.69, 9.17) is 0 Å². The van der Waals surface area contributed by atoms with Gasteiger partial charge in [0.2, 0.25) is 11.8 Å². The Kier molecular flexibility index (Phi) is 4.75. The summed E-state index contributed by atoms with van der Waals surface area (Å²) < 4.78 is 0. The van der Waals surface area contributed by atoms with Crippen LogP contribution in [0, 0.1) is 0 Å². The molecule has 1 heterocycles. The van der Waals surface area contributed by atoms with Crippen molar-refractivity contribution < 1.29 is 9.59 Å². The lowest BCUT2D eigenvalue weighted by Crippen LogP contribution is -2.58. The van der Waals surface area contributed by atoms with E-state index in [1.165, 1.54) is 0 Å². The van der Waals surface area contributed by atoms with Gasteiger partial charge < -0.3 is 10.6 Å². The van der Waals surface area contributed by atoms with E-state index in [2.05, 4.69) is 16.0 Å². The minimum atomic E-state index is -0.283. The van der Waals surface area contributed by atoms with Crippen molar-refractivity contribution in [2.45, 2.75) is 6.04 Å². The fraction of sp³-hybridized carbons (Fsp3) is 0.750. The molecule has 1 saturated heterocycles. The smallest absolute Gasteiger partial charge is 0.239 e. The average molecular weight is 217 g/mol. The third kappa shape index (κ3) is 3.55.